The lowest BCUT2D eigenvalue weighted by atomic mass is 10.3. The van der Waals surface area contributed by atoms with Gasteiger partial charge in [0.1, 0.15) is 12.4 Å². The molecular weight excluding hydrogens is 368 g/mol. The van der Waals surface area contributed by atoms with E-state index in [9.17, 15) is 4.79 Å². The lowest BCUT2D eigenvalue weighted by Crippen LogP contribution is -2.28. The first kappa shape index (κ1) is 15.2. The van der Waals surface area contributed by atoms with Crippen LogP contribution in [0, 0.1) is 0 Å². The van der Waals surface area contributed by atoms with Gasteiger partial charge in [-0.25, -0.2) is 4.79 Å². The number of ether oxygens (including phenoxy) is 2. The highest BCUT2D eigenvalue weighted by Crippen LogP contribution is 2.29. The first-order valence-corrected chi connectivity index (χ1v) is 6.61. The summed E-state index contributed by atoms with van der Waals surface area (Å²) in [6.07, 6.45) is -1.06. The minimum Gasteiger partial charge on any atom is -0.451 e. The Bertz CT molecular complexity index is 459. The third-order valence-electron chi connectivity index (χ3n) is 1.89. The van der Waals surface area contributed by atoms with E-state index < -0.39 is 18.9 Å². The van der Waals surface area contributed by atoms with Gasteiger partial charge in [-0.1, -0.05) is 22.5 Å². The van der Waals surface area contributed by atoms with Crippen molar-refractivity contribution in [3.63, 3.8) is 0 Å². The first-order valence-electron chi connectivity index (χ1n) is 5.03. The lowest BCUT2D eigenvalue weighted by molar-refractivity contribution is -0.163. The quantitative estimate of drug-likeness (QED) is 0.485. The van der Waals surface area contributed by atoms with Gasteiger partial charge in [-0.2, -0.15) is 0 Å². The molecule has 0 heterocycles. The van der Waals surface area contributed by atoms with Crippen molar-refractivity contribution in [2.24, 2.45) is 0 Å². The molecule has 0 aromatic heterocycles. The van der Waals surface area contributed by atoms with Gasteiger partial charge in [-0.05, 0) is 41.1 Å². The average Bonchev–Trinajstić information content (AvgIpc) is 2.31. The predicted molar refractivity (Wildman–Crippen MR) is 74.2 cm³/mol. The zero-order chi connectivity index (χ0) is 13.7. The Labute approximate surface area is 122 Å². The summed E-state index contributed by atoms with van der Waals surface area (Å²) in [6.45, 7) is 4.53. The summed E-state index contributed by atoms with van der Waals surface area (Å²) >= 11 is 6.61. The number of esters is 1. The van der Waals surface area contributed by atoms with Gasteiger partial charge in [0.05, 0.1) is 4.47 Å². The Balaban J connectivity index is 2.73. The number of aliphatic hydroxyl groups is 1. The van der Waals surface area contributed by atoms with E-state index >= 15 is 0 Å². The van der Waals surface area contributed by atoms with E-state index in [1.807, 2.05) is 0 Å². The van der Waals surface area contributed by atoms with E-state index in [0.717, 1.165) is 4.47 Å². The highest BCUT2D eigenvalue weighted by atomic mass is 79.9. The Hall–Kier alpha value is -0.850. The van der Waals surface area contributed by atoms with Crippen molar-refractivity contribution in [1.29, 1.82) is 0 Å². The maximum atomic E-state index is 11.3. The number of hydrogen-bond acceptors (Lipinski definition) is 4. The summed E-state index contributed by atoms with van der Waals surface area (Å²) in [5.41, 5.74) is 0.243. The molecule has 1 aromatic rings. The van der Waals surface area contributed by atoms with Crippen molar-refractivity contribution in [2.75, 3.05) is 6.61 Å². The van der Waals surface area contributed by atoms with Gasteiger partial charge < -0.3 is 14.6 Å². The predicted octanol–water partition coefficient (Wildman–Crippen LogP) is 3.03. The van der Waals surface area contributed by atoms with Gasteiger partial charge >= 0.3 is 5.97 Å². The molecule has 0 saturated carbocycles. The summed E-state index contributed by atoms with van der Waals surface area (Å²) in [5, 5.41) is 9.11. The summed E-state index contributed by atoms with van der Waals surface area (Å²) in [7, 11) is 0. The normalized spacial score (nSPS) is 11.8. The Morgan fingerprint density at radius 3 is 2.67 bits per heavy atom. The number of benzene rings is 1. The fourth-order valence-electron chi connectivity index (χ4n) is 1.03. The Morgan fingerprint density at radius 2 is 2.17 bits per heavy atom. The second kappa shape index (κ2) is 6.92. The fraction of sp³-hybridized carbons (Fsp3) is 0.250. The molecule has 0 bridgehead atoms. The number of carbonyl (C=O) groups is 1. The monoisotopic (exact) mass is 378 g/mol. The van der Waals surface area contributed by atoms with Crippen LogP contribution < -0.4 is 4.74 Å². The summed E-state index contributed by atoms with van der Waals surface area (Å²) in [6, 6.07) is 5.24. The van der Waals surface area contributed by atoms with E-state index in [4.69, 9.17) is 14.6 Å². The molecule has 0 aliphatic carbocycles. The molecule has 1 N–H and O–H groups in total. The molecule has 0 fully saturated rings. The van der Waals surface area contributed by atoms with Crippen LogP contribution in [0.1, 0.15) is 6.92 Å². The van der Waals surface area contributed by atoms with Crippen LogP contribution in [0.5, 0.6) is 5.75 Å². The van der Waals surface area contributed by atoms with Crippen LogP contribution in [0.2, 0.25) is 0 Å². The SMILES string of the molecule is C=C(C)C(=O)OC(CO)Oc1ccc(Br)cc1Br. The van der Waals surface area contributed by atoms with Gasteiger partial charge in [0.15, 0.2) is 0 Å². The van der Waals surface area contributed by atoms with Crippen molar-refractivity contribution in [3.8, 4) is 5.75 Å². The minimum atomic E-state index is -1.06. The number of carbonyl (C=O) groups excluding carboxylic acids is 1. The van der Waals surface area contributed by atoms with Crippen molar-refractivity contribution in [3.05, 3.63) is 39.3 Å². The fourth-order valence-corrected chi connectivity index (χ4v) is 2.17. The second-order valence-electron chi connectivity index (χ2n) is 3.49. The number of hydrogen-bond donors (Lipinski definition) is 1. The van der Waals surface area contributed by atoms with Gasteiger partial charge in [0.2, 0.25) is 0 Å². The molecule has 0 saturated heterocycles. The number of halogens is 2. The zero-order valence-corrected chi connectivity index (χ0v) is 12.8. The summed E-state index contributed by atoms with van der Waals surface area (Å²) in [5.74, 6) is -0.144. The van der Waals surface area contributed by atoms with Crippen LogP contribution >= 0.6 is 31.9 Å². The molecule has 4 nitrogen and oxygen atoms in total. The van der Waals surface area contributed by atoms with Crippen molar-refractivity contribution < 1.29 is 19.4 Å². The third kappa shape index (κ3) is 4.44. The van der Waals surface area contributed by atoms with Crippen LogP contribution in [0.15, 0.2) is 39.3 Å². The maximum absolute atomic E-state index is 11.3. The maximum Gasteiger partial charge on any atom is 0.336 e. The van der Waals surface area contributed by atoms with Crippen LogP contribution in [0.25, 0.3) is 0 Å². The third-order valence-corrected chi connectivity index (χ3v) is 3.00. The Kier molecular flexibility index (Phi) is 5.84. The van der Waals surface area contributed by atoms with E-state index in [0.29, 0.717) is 10.2 Å². The van der Waals surface area contributed by atoms with Gasteiger partial charge in [0.25, 0.3) is 6.29 Å². The molecule has 18 heavy (non-hydrogen) atoms. The lowest BCUT2D eigenvalue weighted by Gasteiger charge is -2.18. The molecule has 1 rings (SSSR count). The van der Waals surface area contributed by atoms with E-state index in [1.54, 1.807) is 18.2 Å². The smallest absolute Gasteiger partial charge is 0.336 e. The molecule has 1 atom stereocenters. The number of rotatable bonds is 5. The van der Waals surface area contributed by atoms with Crippen LogP contribution in [0.4, 0.5) is 0 Å². The van der Waals surface area contributed by atoms with Crippen LogP contribution in [-0.2, 0) is 9.53 Å². The van der Waals surface area contributed by atoms with Gasteiger partial charge in [0, 0.05) is 10.0 Å². The Morgan fingerprint density at radius 1 is 1.50 bits per heavy atom. The van der Waals surface area contributed by atoms with Crippen LogP contribution in [0.3, 0.4) is 0 Å². The second-order valence-corrected chi connectivity index (χ2v) is 5.26. The molecular formula is C12H12Br2O4. The van der Waals surface area contributed by atoms with E-state index in [2.05, 4.69) is 38.4 Å². The molecule has 1 unspecified atom stereocenters. The number of aliphatic hydroxyl groups excluding tert-OH is 1. The molecule has 0 spiro atoms. The molecule has 1 aromatic carbocycles. The standard InChI is InChI=1S/C12H12Br2O4/c1-7(2)12(16)18-11(6-15)17-10-4-3-8(13)5-9(10)14/h3-5,11,15H,1,6H2,2H3. The van der Waals surface area contributed by atoms with Crippen molar-refractivity contribution in [1.82, 2.24) is 0 Å². The molecule has 0 radical (unpaired) electrons. The van der Waals surface area contributed by atoms with E-state index in [-0.39, 0.29) is 5.57 Å². The van der Waals surface area contributed by atoms with Gasteiger partial charge in [-0.3, -0.25) is 0 Å². The molecule has 98 valence electrons. The highest BCUT2D eigenvalue weighted by molar-refractivity contribution is 9.11. The van der Waals surface area contributed by atoms with Crippen molar-refractivity contribution in [2.45, 2.75) is 13.2 Å². The molecule has 0 aliphatic heterocycles. The van der Waals surface area contributed by atoms with E-state index in [1.165, 1.54) is 6.92 Å². The topological polar surface area (TPSA) is 55.8 Å². The van der Waals surface area contributed by atoms with Crippen molar-refractivity contribution >= 4 is 37.8 Å². The molecule has 6 heteroatoms. The van der Waals surface area contributed by atoms with Crippen LogP contribution in [-0.4, -0.2) is 24.0 Å². The minimum absolute atomic E-state index is 0.243. The largest absolute Gasteiger partial charge is 0.451 e. The summed E-state index contributed by atoms with van der Waals surface area (Å²) < 4.78 is 11.8. The zero-order valence-electron chi connectivity index (χ0n) is 9.65. The molecule has 0 aliphatic rings. The highest BCUT2D eigenvalue weighted by Gasteiger charge is 2.16. The average molecular weight is 380 g/mol. The molecule has 0 amide bonds. The summed E-state index contributed by atoms with van der Waals surface area (Å²) in [4.78, 5) is 11.3. The van der Waals surface area contributed by atoms with Gasteiger partial charge in [-0.15, -0.1) is 0 Å². The first-order chi connectivity index (χ1) is 8.43.